The molecule has 0 aliphatic rings. The van der Waals surface area contributed by atoms with Crippen LogP contribution in [0.2, 0.25) is 0 Å². The molecule has 0 radical (unpaired) electrons. The summed E-state index contributed by atoms with van der Waals surface area (Å²) in [6, 6.07) is -0.561. The molecule has 2 aromatic rings. The lowest BCUT2D eigenvalue weighted by atomic mass is 9.96. The van der Waals surface area contributed by atoms with E-state index >= 15 is 0 Å². The Labute approximate surface area is 396 Å². The molecule has 6 amide bonds. The molecule has 0 bridgehead atoms. The SMILES string of the molecule is CC[C@H](C)[C@H](NC(=O)[C@H](CC(C)C)NC(=O)[C@H](COC(C)(C)C)NC(=O)[C@@H](NC(=O)[C@H](Cc1ccc(OC(C)(C)C)cc1)NC(C)=O)[C@@H](C)OC(C)(C)C)C(=O)N[C@@H](Cc1cnc[nH]1)C(=O)O. The molecule has 1 aromatic heterocycles. The number of aromatic amines is 1. The highest BCUT2D eigenvalue weighted by Crippen LogP contribution is 2.20. The number of hydrogen-bond donors (Lipinski definition) is 8. The highest BCUT2D eigenvalue weighted by molar-refractivity contribution is 5.97. The van der Waals surface area contributed by atoms with E-state index in [2.05, 4.69) is 41.9 Å². The number of H-pyrrole nitrogens is 1. The van der Waals surface area contributed by atoms with Crippen molar-refractivity contribution in [1.29, 1.82) is 0 Å². The van der Waals surface area contributed by atoms with Crippen LogP contribution in [0, 0.1) is 11.8 Å². The number of imidazole rings is 1. The van der Waals surface area contributed by atoms with E-state index < -0.39 is 106 Å². The average molecular weight is 943 g/mol. The Hall–Kier alpha value is -5.56. The monoisotopic (exact) mass is 943 g/mol. The third-order valence-electron chi connectivity index (χ3n) is 10.1. The van der Waals surface area contributed by atoms with E-state index in [4.69, 9.17) is 14.2 Å². The van der Waals surface area contributed by atoms with E-state index in [-0.39, 0.29) is 31.8 Å². The van der Waals surface area contributed by atoms with Gasteiger partial charge in [0, 0.05) is 31.7 Å². The van der Waals surface area contributed by atoms with Gasteiger partial charge in [0.05, 0.1) is 30.2 Å². The smallest absolute Gasteiger partial charge is 0.326 e. The van der Waals surface area contributed by atoms with Crippen molar-refractivity contribution in [1.82, 2.24) is 41.9 Å². The van der Waals surface area contributed by atoms with Crippen LogP contribution in [0.3, 0.4) is 0 Å². The Kier molecular flexibility index (Phi) is 21.9. The lowest BCUT2D eigenvalue weighted by molar-refractivity contribution is -0.143. The van der Waals surface area contributed by atoms with Crippen molar-refractivity contribution >= 4 is 41.4 Å². The minimum atomic E-state index is -1.41. The van der Waals surface area contributed by atoms with Gasteiger partial charge in [-0.25, -0.2) is 9.78 Å². The maximum absolute atomic E-state index is 14.4. The van der Waals surface area contributed by atoms with Crippen molar-refractivity contribution < 1.29 is 52.9 Å². The predicted octanol–water partition coefficient (Wildman–Crippen LogP) is 3.50. The van der Waals surface area contributed by atoms with Crippen LogP contribution >= 0.6 is 0 Å². The molecule has 0 aliphatic carbocycles. The number of carbonyl (C=O) groups excluding carboxylic acids is 6. The van der Waals surface area contributed by atoms with Crippen LogP contribution in [0.1, 0.15) is 128 Å². The fourth-order valence-electron chi connectivity index (χ4n) is 6.80. The summed E-state index contributed by atoms with van der Waals surface area (Å²) in [6.07, 6.45) is 2.42. The van der Waals surface area contributed by atoms with Gasteiger partial charge in [0.15, 0.2) is 0 Å². The Morgan fingerprint density at radius 3 is 1.69 bits per heavy atom. The van der Waals surface area contributed by atoms with Crippen molar-refractivity contribution in [2.45, 2.75) is 189 Å². The topological polar surface area (TPSA) is 268 Å². The van der Waals surface area contributed by atoms with E-state index in [1.165, 1.54) is 19.4 Å². The average Bonchev–Trinajstić information content (AvgIpc) is 3.71. The van der Waals surface area contributed by atoms with E-state index in [1.807, 2.05) is 41.5 Å². The van der Waals surface area contributed by atoms with Gasteiger partial charge >= 0.3 is 5.97 Å². The molecule has 8 atom stereocenters. The minimum Gasteiger partial charge on any atom is -0.488 e. The fraction of sp³-hybridized carbons (Fsp3) is 0.667. The van der Waals surface area contributed by atoms with Gasteiger partial charge in [-0.3, -0.25) is 28.8 Å². The van der Waals surface area contributed by atoms with Crippen LogP contribution < -0.4 is 36.6 Å². The quantitative estimate of drug-likeness (QED) is 0.0711. The molecule has 19 heteroatoms. The molecule has 0 saturated heterocycles. The molecular formula is C48H78N8O11. The summed E-state index contributed by atoms with van der Waals surface area (Å²) >= 11 is 0. The summed E-state index contributed by atoms with van der Waals surface area (Å²) < 4.78 is 18.1. The fourth-order valence-corrected chi connectivity index (χ4v) is 6.80. The molecule has 1 heterocycles. The second-order valence-corrected chi connectivity index (χ2v) is 20.5. The molecule has 0 aliphatic heterocycles. The van der Waals surface area contributed by atoms with Gasteiger partial charge in [0.2, 0.25) is 35.4 Å². The number of carboxylic acid groups (broad SMARTS) is 1. The first-order chi connectivity index (χ1) is 30.9. The Balaban J connectivity index is 2.46. The Morgan fingerprint density at radius 2 is 1.19 bits per heavy atom. The maximum Gasteiger partial charge on any atom is 0.326 e. The molecule has 1 aromatic carbocycles. The van der Waals surface area contributed by atoms with Crippen LogP contribution in [-0.4, -0.2) is 122 Å². The molecule has 0 spiro atoms. The van der Waals surface area contributed by atoms with Crippen molar-refractivity contribution in [2.75, 3.05) is 6.61 Å². The second-order valence-electron chi connectivity index (χ2n) is 20.5. The number of carbonyl (C=O) groups is 7. The zero-order valence-electron chi connectivity index (χ0n) is 42.2. The number of rotatable bonds is 25. The number of benzene rings is 1. The maximum atomic E-state index is 14.4. The zero-order chi connectivity index (χ0) is 51.0. The van der Waals surface area contributed by atoms with Crippen molar-refractivity contribution in [3.63, 3.8) is 0 Å². The van der Waals surface area contributed by atoms with Crippen LogP contribution in [0.25, 0.3) is 0 Å². The van der Waals surface area contributed by atoms with E-state index in [1.54, 1.807) is 79.7 Å². The van der Waals surface area contributed by atoms with Gasteiger partial charge in [-0.1, -0.05) is 46.2 Å². The zero-order valence-corrected chi connectivity index (χ0v) is 42.2. The van der Waals surface area contributed by atoms with Gasteiger partial charge in [-0.15, -0.1) is 0 Å². The van der Waals surface area contributed by atoms with Gasteiger partial charge in [0.1, 0.15) is 47.6 Å². The first kappa shape index (κ1) is 57.6. The number of aromatic nitrogens is 2. The van der Waals surface area contributed by atoms with Gasteiger partial charge in [0.25, 0.3) is 0 Å². The Morgan fingerprint density at radius 1 is 0.657 bits per heavy atom. The number of amides is 6. The van der Waals surface area contributed by atoms with Crippen LogP contribution in [0.5, 0.6) is 5.75 Å². The van der Waals surface area contributed by atoms with E-state index in [0.29, 0.717) is 23.4 Å². The molecule has 376 valence electrons. The van der Waals surface area contributed by atoms with E-state index in [9.17, 15) is 38.7 Å². The lowest BCUT2D eigenvalue weighted by Crippen LogP contribution is -2.63. The van der Waals surface area contributed by atoms with Crippen LogP contribution in [-0.2, 0) is 55.9 Å². The van der Waals surface area contributed by atoms with Crippen molar-refractivity contribution in [2.24, 2.45) is 11.8 Å². The van der Waals surface area contributed by atoms with Crippen LogP contribution in [0.15, 0.2) is 36.8 Å². The largest absolute Gasteiger partial charge is 0.488 e. The molecule has 2 rings (SSSR count). The number of hydrogen-bond acceptors (Lipinski definition) is 11. The number of nitrogens with zero attached hydrogens (tertiary/aromatic N) is 1. The van der Waals surface area contributed by atoms with Gasteiger partial charge < -0.3 is 56.2 Å². The highest BCUT2D eigenvalue weighted by atomic mass is 16.5. The number of nitrogens with one attached hydrogen (secondary N) is 7. The molecular weight excluding hydrogens is 865 g/mol. The lowest BCUT2D eigenvalue weighted by Gasteiger charge is -2.33. The first-order valence-corrected chi connectivity index (χ1v) is 23.0. The second kappa shape index (κ2) is 25.5. The summed E-state index contributed by atoms with van der Waals surface area (Å²) in [5.74, 6) is -5.45. The number of aliphatic carboxylic acids is 1. The molecule has 19 nitrogen and oxygen atoms in total. The third-order valence-corrected chi connectivity index (χ3v) is 10.1. The standard InChI is InChI=1S/C48H78N8O11/c1-16-28(4)38(43(61)53-36(45(63)64)23-32-24-49-26-50-32)55-40(58)34(21-27(2)3)52-42(60)37(25-65-46(7,8)9)54-44(62)39(29(5)66-47(10,11)12)56-41(59)35(51-30(6)57)22-31-17-19-33(20-18-31)67-48(13,14)15/h17-20,24,26-29,34-39H,16,21-23,25H2,1-15H3,(H,49,50)(H,51,57)(H,52,60)(H,53,61)(H,54,62)(H,55,58)(H,56,59)(H,63,64)/t28-,29+,34-,35-,36-,37-,38-,39-/m0/s1. The normalized spacial score (nSPS) is 15.6. The molecule has 67 heavy (non-hydrogen) atoms. The first-order valence-electron chi connectivity index (χ1n) is 23.0. The summed E-state index contributed by atoms with van der Waals surface area (Å²) in [5.41, 5.74) is -0.801. The van der Waals surface area contributed by atoms with Crippen molar-refractivity contribution in [3.05, 3.63) is 48.0 Å². The molecule has 8 N–H and O–H groups in total. The predicted molar refractivity (Wildman–Crippen MR) is 253 cm³/mol. The Bertz CT molecular complexity index is 1940. The van der Waals surface area contributed by atoms with Crippen molar-refractivity contribution in [3.8, 4) is 5.75 Å². The molecule has 0 unspecified atom stereocenters. The van der Waals surface area contributed by atoms with Gasteiger partial charge in [-0.2, -0.15) is 0 Å². The van der Waals surface area contributed by atoms with E-state index in [0.717, 1.165) is 0 Å². The number of ether oxygens (including phenoxy) is 3. The minimum absolute atomic E-state index is 0.0681. The van der Waals surface area contributed by atoms with Crippen LogP contribution in [0.4, 0.5) is 0 Å². The number of carboxylic acids is 1. The third kappa shape index (κ3) is 21.7. The summed E-state index contributed by atoms with van der Waals surface area (Å²) in [7, 11) is 0. The highest BCUT2D eigenvalue weighted by Gasteiger charge is 2.38. The molecule has 0 saturated carbocycles. The summed E-state index contributed by atoms with van der Waals surface area (Å²) in [6.45, 7) is 26.2. The van der Waals surface area contributed by atoms with Gasteiger partial charge in [-0.05, 0) is 105 Å². The summed E-state index contributed by atoms with van der Waals surface area (Å²) in [4.78, 5) is 102. The summed E-state index contributed by atoms with van der Waals surface area (Å²) in [5, 5.41) is 26.1. The molecule has 0 fully saturated rings.